The summed E-state index contributed by atoms with van der Waals surface area (Å²) in [6, 6.07) is 10.7. The van der Waals surface area contributed by atoms with E-state index >= 15 is 0 Å². The molecule has 0 radical (unpaired) electrons. The Balaban J connectivity index is 1.91. The summed E-state index contributed by atoms with van der Waals surface area (Å²) in [5.41, 5.74) is 0.521. The molecule has 148 valence electrons. The number of halogens is 1. The summed E-state index contributed by atoms with van der Waals surface area (Å²) in [7, 11) is -2.90. The topological polar surface area (TPSA) is 102 Å². The number of sulfonamides is 1. The van der Waals surface area contributed by atoms with E-state index in [4.69, 9.17) is 4.74 Å². The van der Waals surface area contributed by atoms with E-state index in [0.717, 1.165) is 11.0 Å². The van der Waals surface area contributed by atoms with Gasteiger partial charge in [-0.3, -0.25) is 4.79 Å². The number of carbonyl (C=O) groups excluding carboxylic acids is 2. The van der Waals surface area contributed by atoms with E-state index in [0.29, 0.717) is 5.56 Å². The molecule has 1 aliphatic rings. The van der Waals surface area contributed by atoms with Crippen LogP contribution in [0.15, 0.2) is 53.4 Å². The van der Waals surface area contributed by atoms with Crippen LogP contribution < -0.4 is 9.46 Å². The molecule has 2 amide bonds. The Kier molecular flexibility index (Phi) is 5.61. The number of nitrogens with one attached hydrogen (secondary N) is 1. The normalized spacial score (nSPS) is 15.4. The number of carbonyl (C=O) groups is 2. The predicted octanol–water partition coefficient (Wildman–Crippen LogP) is 1.83. The molecule has 1 fully saturated rings. The van der Waals surface area contributed by atoms with E-state index in [-0.39, 0.29) is 17.2 Å². The van der Waals surface area contributed by atoms with Crippen LogP contribution >= 0.6 is 0 Å². The molecule has 0 saturated carbocycles. The Hall–Kier alpha value is -2.98. The van der Waals surface area contributed by atoms with Crippen LogP contribution in [0, 0.1) is 5.82 Å². The van der Waals surface area contributed by atoms with Crippen molar-refractivity contribution in [3.63, 3.8) is 0 Å². The average molecular weight is 408 g/mol. The lowest BCUT2D eigenvalue weighted by atomic mass is 10.1. The third-order valence-electron chi connectivity index (χ3n) is 4.14. The molecule has 1 atom stereocenters. The lowest BCUT2D eigenvalue weighted by molar-refractivity contribution is -0.126. The van der Waals surface area contributed by atoms with Crippen LogP contribution in [0.4, 0.5) is 9.18 Å². The first kappa shape index (κ1) is 19.8. The van der Waals surface area contributed by atoms with Crippen LogP contribution in [-0.4, -0.2) is 45.6 Å². The van der Waals surface area contributed by atoms with E-state index in [2.05, 4.69) is 9.46 Å². The van der Waals surface area contributed by atoms with Crippen molar-refractivity contribution in [2.45, 2.75) is 10.9 Å². The Morgan fingerprint density at radius 2 is 1.93 bits per heavy atom. The monoisotopic (exact) mass is 408 g/mol. The van der Waals surface area contributed by atoms with Crippen LogP contribution in [0.3, 0.4) is 0 Å². The predicted molar refractivity (Wildman–Crippen MR) is 95.5 cm³/mol. The van der Waals surface area contributed by atoms with Crippen molar-refractivity contribution in [3.8, 4) is 5.75 Å². The Labute approximate surface area is 160 Å². The van der Waals surface area contributed by atoms with Crippen molar-refractivity contribution in [3.05, 3.63) is 59.9 Å². The number of ether oxygens (including phenoxy) is 2. The van der Waals surface area contributed by atoms with Crippen molar-refractivity contribution < 1.29 is 31.9 Å². The first-order valence-electron chi connectivity index (χ1n) is 8.20. The Bertz CT molecular complexity index is 980. The number of imide groups is 1. The zero-order valence-corrected chi connectivity index (χ0v) is 15.6. The summed E-state index contributed by atoms with van der Waals surface area (Å²) in [5, 5.41) is 0. The Morgan fingerprint density at radius 3 is 2.50 bits per heavy atom. The molecule has 10 heteroatoms. The van der Waals surface area contributed by atoms with Gasteiger partial charge in [0, 0.05) is 0 Å². The van der Waals surface area contributed by atoms with E-state index in [1.54, 1.807) is 30.3 Å². The molecule has 1 aliphatic heterocycles. The van der Waals surface area contributed by atoms with Crippen LogP contribution in [0.5, 0.6) is 5.75 Å². The molecule has 8 nitrogen and oxygen atoms in total. The molecule has 2 aromatic carbocycles. The van der Waals surface area contributed by atoms with Gasteiger partial charge < -0.3 is 9.47 Å². The molecule has 0 aromatic heterocycles. The largest absolute Gasteiger partial charge is 0.494 e. The molecule has 1 N–H and O–H groups in total. The maximum absolute atomic E-state index is 13.9. The van der Waals surface area contributed by atoms with Crippen molar-refractivity contribution in [1.29, 1.82) is 0 Å². The van der Waals surface area contributed by atoms with Gasteiger partial charge >= 0.3 is 6.09 Å². The molecule has 1 saturated heterocycles. The fourth-order valence-electron chi connectivity index (χ4n) is 2.71. The summed E-state index contributed by atoms with van der Waals surface area (Å²) in [5.74, 6) is -1.50. The van der Waals surface area contributed by atoms with Gasteiger partial charge in [-0.2, -0.15) is 0 Å². The summed E-state index contributed by atoms with van der Waals surface area (Å²) in [4.78, 5) is 24.1. The number of methoxy groups -OCH3 is 1. The van der Waals surface area contributed by atoms with Crippen LogP contribution in [0.25, 0.3) is 0 Å². The zero-order valence-electron chi connectivity index (χ0n) is 14.8. The highest BCUT2D eigenvalue weighted by Crippen LogP contribution is 2.24. The molecule has 1 heterocycles. The summed E-state index contributed by atoms with van der Waals surface area (Å²) in [6.45, 7) is -0.656. The molecule has 28 heavy (non-hydrogen) atoms. The van der Waals surface area contributed by atoms with Gasteiger partial charge in [0.15, 0.2) is 18.2 Å². The van der Waals surface area contributed by atoms with Gasteiger partial charge in [0.2, 0.25) is 10.0 Å². The second kappa shape index (κ2) is 7.95. The number of rotatable bonds is 7. The molecule has 0 aliphatic carbocycles. The van der Waals surface area contributed by atoms with Gasteiger partial charge in [-0.15, -0.1) is 0 Å². The maximum atomic E-state index is 13.9. The van der Waals surface area contributed by atoms with E-state index < -0.39 is 40.5 Å². The van der Waals surface area contributed by atoms with Gasteiger partial charge in [-0.25, -0.2) is 27.2 Å². The van der Waals surface area contributed by atoms with Gasteiger partial charge in [0.05, 0.1) is 24.6 Å². The average Bonchev–Trinajstić information content (AvgIpc) is 3.00. The second-order valence-electron chi connectivity index (χ2n) is 5.94. The third-order valence-corrected chi connectivity index (χ3v) is 5.61. The van der Waals surface area contributed by atoms with Crippen molar-refractivity contribution in [1.82, 2.24) is 9.62 Å². The van der Waals surface area contributed by atoms with Crippen LogP contribution in [-0.2, 0) is 19.6 Å². The lowest BCUT2D eigenvalue weighted by Crippen LogP contribution is -2.40. The standard InChI is InChI=1S/C18H17FN2O6S/c1-26-16-8-7-13(9-14(16)19)28(24,25)20-15(12-5-3-2-4-6-12)10-21-17(22)11-27-18(21)23/h2-9,15,20H,10-11H2,1H3. The third kappa shape index (κ3) is 4.12. The van der Waals surface area contributed by atoms with Crippen molar-refractivity contribution in [2.24, 2.45) is 0 Å². The fourth-order valence-corrected chi connectivity index (χ4v) is 3.93. The van der Waals surface area contributed by atoms with Gasteiger partial charge in [0.25, 0.3) is 5.91 Å². The highest BCUT2D eigenvalue weighted by atomic mass is 32.2. The van der Waals surface area contributed by atoms with E-state index in [1.165, 1.54) is 19.2 Å². The SMILES string of the molecule is COc1ccc(S(=O)(=O)NC(CN2C(=O)COC2=O)c2ccccc2)cc1F. The fraction of sp³-hybridized carbons (Fsp3) is 0.222. The highest BCUT2D eigenvalue weighted by molar-refractivity contribution is 7.89. The Morgan fingerprint density at radius 1 is 1.21 bits per heavy atom. The number of cyclic esters (lactones) is 1. The quantitative estimate of drug-likeness (QED) is 0.750. The number of benzene rings is 2. The van der Waals surface area contributed by atoms with Crippen LogP contribution in [0.1, 0.15) is 11.6 Å². The number of nitrogens with zero attached hydrogens (tertiary/aromatic N) is 1. The van der Waals surface area contributed by atoms with Gasteiger partial charge in [0.1, 0.15) is 0 Å². The molecule has 0 bridgehead atoms. The minimum Gasteiger partial charge on any atom is -0.494 e. The number of amides is 2. The first-order valence-corrected chi connectivity index (χ1v) is 9.68. The van der Waals surface area contributed by atoms with E-state index in [9.17, 15) is 22.4 Å². The second-order valence-corrected chi connectivity index (χ2v) is 7.65. The summed E-state index contributed by atoms with van der Waals surface area (Å²) < 4.78 is 51.4. The summed E-state index contributed by atoms with van der Waals surface area (Å²) >= 11 is 0. The zero-order chi connectivity index (χ0) is 20.3. The van der Waals surface area contributed by atoms with Crippen molar-refractivity contribution >= 4 is 22.0 Å². The number of hydrogen-bond acceptors (Lipinski definition) is 6. The number of hydrogen-bond donors (Lipinski definition) is 1. The molecular weight excluding hydrogens is 391 g/mol. The lowest BCUT2D eigenvalue weighted by Gasteiger charge is -2.22. The summed E-state index contributed by atoms with van der Waals surface area (Å²) in [6.07, 6.45) is -0.847. The van der Waals surface area contributed by atoms with Crippen LogP contribution in [0.2, 0.25) is 0 Å². The van der Waals surface area contributed by atoms with Gasteiger partial charge in [-0.1, -0.05) is 30.3 Å². The van der Waals surface area contributed by atoms with Gasteiger partial charge in [-0.05, 0) is 23.8 Å². The molecule has 0 spiro atoms. The highest BCUT2D eigenvalue weighted by Gasteiger charge is 2.34. The molecule has 3 rings (SSSR count). The molecular formula is C18H17FN2O6S. The first-order chi connectivity index (χ1) is 13.3. The van der Waals surface area contributed by atoms with Crippen molar-refractivity contribution in [2.75, 3.05) is 20.3 Å². The minimum atomic E-state index is -4.17. The van der Waals surface area contributed by atoms with E-state index in [1.807, 2.05) is 0 Å². The smallest absolute Gasteiger partial charge is 0.417 e. The molecule has 2 aromatic rings. The maximum Gasteiger partial charge on any atom is 0.417 e. The molecule has 1 unspecified atom stereocenters. The minimum absolute atomic E-state index is 0.0935.